The fraction of sp³-hybridized carbons (Fsp3) is 0.429. The van der Waals surface area contributed by atoms with Crippen molar-refractivity contribution in [2.24, 2.45) is 0 Å². The van der Waals surface area contributed by atoms with E-state index in [-0.39, 0.29) is 18.4 Å². The topological polar surface area (TPSA) is 70.2 Å². The van der Waals surface area contributed by atoms with E-state index in [1.54, 1.807) is 18.2 Å². The molecule has 0 saturated heterocycles. The molecule has 0 radical (unpaired) electrons. The molecule has 0 bridgehead atoms. The van der Waals surface area contributed by atoms with Crippen LogP contribution in [0.3, 0.4) is 0 Å². The molecule has 1 rings (SSSR count). The normalized spacial score (nSPS) is 10.1. The number of hydrogen-bond acceptors (Lipinski definition) is 4. The monoisotopic (exact) mass is 295 g/mol. The van der Waals surface area contributed by atoms with Crippen molar-refractivity contribution >= 4 is 35.0 Å². The highest BCUT2D eigenvalue weighted by atomic mass is 32.2. The number of rotatable bonds is 8. The molecule has 1 aromatic carbocycles. The third kappa shape index (κ3) is 6.58. The van der Waals surface area contributed by atoms with Gasteiger partial charge in [0.15, 0.2) is 0 Å². The molecule has 0 aromatic heterocycles. The number of anilines is 2. The van der Waals surface area contributed by atoms with Crippen LogP contribution in [0, 0.1) is 0 Å². The van der Waals surface area contributed by atoms with Crippen molar-refractivity contribution in [3.8, 4) is 0 Å². The fourth-order valence-electron chi connectivity index (χ4n) is 1.58. The Morgan fingerprint density at radius 2 is 1.80 bits per heavy atom. The van der Waals surface area contributed by atoms with Crippen molar-refractivity contribution in [2.45, 2.75) is 13.8 Å². The number of carbonyl (C=O) groups excluding carboxylic acids is 2. The van der Waals surface area contributed by atoms with Crippen LogP contribution in [0.25, 0.3) is 0 Å². The number of para-hydroxylation sites is 2. The van der Waals surface area contributed by atoms with Gasteiger partial charge in [-0.15, -0.1) is 0 Å². The third-order valence-corrected chi connectivity index (χ3v) is 3.33. The molecule has 3 N–H and O–H groups in total. The van der Waals surface area contributed by atoms with Crippen LogP contribution in [0.1, 0.15) is 13.8 Å². The van der Waals surface area contributed by atoms with E-state index in [0.29, 0.717) is 11.4 Å². The SMILES string of the molecule is CCSCCNCC(=O)Nc1ccccc1NC(C)=O. The van der Waals surface area contributed by atoms with Crippen LogP contribution in [-0.4, -0.2) is 36.4 Å². The molecule has 0 aliphatic heterocycles. The van der Waals surface area contributed by atoms with Gasteiger partial charge in [0.05, 0.1) is 17.9 Å². The van der Waals surface area contributed by atoms with Crippen LogP contribution in [0.5, 0.6) is 0 Å². The van der Waals surface area contributed by atoms with E-state index in [1.165, 1.54) is 6.92 Å². The lowest BCUT2D eigenvalue weighted by Gasteiger charge is -2.11. The Hall–Kier alpha value is -1.53. The van der Waals surface area contributed by atoms with E-state index in [4.69, 9.17) is 0 Å². The van der Waals surface area contributed by atoms with Crippen molar-refractivity contribution < 1.29 is 9.59 Å². The first-order chi connectivity index (χ1) is 9.63. The summed E-state index contributed by atoms with van der Waals surface area (Å²) in [4.78, 5) is 22.9. The van der Waals surface area contributed by atoms with E-state index in [0.717, 1.165) is 18.1 Å². The van der Waals surface area contributed by atoms with Crippen LogP contribution in [-0.2, 0) is 9.59 Å². The molecule has 0 saturated carbocycles. The number of amides is 2. The predicted octanol–water partition coefficient (Wildman–Crippen LogP) is 1.93. The summed E-state index contributed by atoms with van der Waals surface area (Å²) >= 11 is 1.83. The number of hydrogen-bond donors (Lipinski definition) is 3. The molecule has 5 nitrogen and oxygen atoms in total. The summed E-state index contributed by atoms with van der Waals surface area (Å²) in [6.07, 6.45) is 0. The summed E-state index contributed by atoms with van der Waals surface area (Å²) in [6.45, 7) is 4.61. The third-order valence-electron chi connectivity index (χ3n) is 2.42. The van der Waals surface area contributed by atoms with E-state index in [1.807, 2.05) is 17.8 Å². The van der Waals surface area contributed by atoms with E-state index in [2.05, 4.69) is 22.9 Å². The predicted molar refractivity (Wildman–Crippen MR) is 85.2 cm³/mol. The molecule has 0 unspecified atom stereocenters. The number of nitrogens with one attached hydrogen (secondary N) is 3. The molecule has 0 spiro atoms. The molecule has 0 atom stereocenters. The summed E-state index contributed by atoms with van der Waals surface area (Å²) in [5.41, 5.74) is 1.22. The van der Waals surface area contributed by atoms with Crippen LogP contribution < -0.4 is 16.0 Å². The molecule has 0 aliphatic rings. The smallest absolute Gasteiger partial charge is 0.238 e. The summed E-state index contributed by atoms with van der Waals surface area (Å²) < 4.78 is 0. The van der Waals surface area contributed by atoms with Gasteiger partial charge in [0.2, 0.25) is 11.8 Å². The Morgan fingerprint density at radius 3 is 2.40 bits per heavy atom. The maximum Gasteiger partial charge on any atom is 0.238 e. The molecule has 1 aromatic rings. The van der Waals surface area contributed by atoms with Gasteiger partial charge in [0.1, 0.15) is 0 Å². The number of carbonyl (C=O) groups is 2. The van der Waals surface area contributed by atoms with Gasteiger partial charge in [-0.3, -0.25) is 9.59 Å². The first kappa shape index (κ1) is 16.5. The highest BCUT2D eigenvalue weighted by Crippen LogP contribution is 2.20. The van der Waals surface area contributed by atoms with Crippen LogP contribution in [0.2, 0.25) is 0 Å². The molecule has 110 valence electrons. The lowest BCUT2D eigenvalue weighted by atomic mass is 10.2. The first-order valence-electron chi connectivity index (χ1n) is 6.58. The standard InChI is InChI=1S/C14H21N3O2S/c1-3-20-9-8-15-10-14(19)17-13-7-5-4-6-12(13)16-11(2)18/h4-7,15H,3,8-10H2,1-2H3,(H,16,18)(H,17,19). The van der Waals surface area contributed by atoms with Gasteiger partial charge in [0, 0.05) is 19.2 Å². The zero-order valence-electron chi connectivity index (χ0n) is 11.9. The number of benzene rings is 1. The molecule has 0 aliphatic carbocycles. The summed E-state index contributed by atoms with van der Waals surface area (Å²) in [5.74, 6) is 1.79. The zero-order chi connectivity index (χ0) is 14.8. The second-order valence-electron chi connectivity index (χ2n) is 4.15. The average Bonchev–Trinajstić information content (AvgIpc) is 2.40. The highest BCUT2D eigenvalue weighted by Gasteiger charge is 2.06. The molecular formula is C14H21N3O2S. The maximum absolute atomic E-state index is 11.8. The summed E-state index contributed by atoms with van der Waals surface area (Å²) in [7, 11) is 0. The zero-order valence-corrected chi connectivity index (χ0v) is 12.7. The minimum atomic E-state index is -0.165. The second kappa shape index (κ2) is 9.39. The molecule has 2 amide bonds. The van der Waals surface area contributed by atoms with Crippen molar-refractivity contribution in [3.05, 3.63) is 24.3 Å². The average molecular weight is 295 g/mol. The van der Waals surface area contributed by atoms with Crippen molar-refractivity contribution in [3.63, 3.8) is 0 Å². The Bertz CT molecular complexity index is 452. The molecule has 0 fully saturated rings. The Balaban J connectivity index is 2.43. The summed E-state index contributed by atoms with van der Waals surface area (Å²) in [6, 6.07) is 7.13. The fourth-order valence-corrected chi connectivity index (χ4v) is 2.15. The van der Waals surface area contributed by atoms with Gasteiger partial charge >= 0.3 is 0 Å². The maximum atomic E-state index is 11.8. The molecule has 0 heterocycles. The minimum absolute atomic E-state index is 0.121. The van der Waals surface area contributed by atoms with Gasteiger partial charge in [-0.05, 0) is 17.9 Å². The molecular weight excluding hydrogens is 274 g/mol. The minimum Gasteiger partial charge on any atom is -0.325 e. The number of thioether (sulfide) groups is 1. The van der Waals surface area contributed by atoms with Crippen LogP contribution in [0.4, 0.5) is 11.4 Å². The van der Waals surface area contributed by atoms with Crippen LogP contribution >= 0.6 is 11.8 Å². The Labute approximate surface area is 123 Å². The highest BCUT2D eigenvalue weighted by molar-refractivity contribution is 7.99. The van der Waals surface area contributed by atoms with Gasteiger partial charge in [-0.25, -0.2) is 0 Å². The van der Waals surface area contributed by atoms with E-state index >= 15 is 0 Å². The van der Waals surface area contributed by atoms with Gasteiger partial charge in [0.25, 0.3) is 0 Å². The molecule has 6 heteroatoms. The van der Waals surface area contributed by atoms with E-state index in [9.17, 15) is 9.59 Å². The van der Waals surface area contributed by atoms with Crippen molar-refractivity contribution in [2.75, 3.05) is 35.2 Å². The second-order valence-corrected chi connectivity index (χ2v) is 5.54. The quantitative estimate of drug-likeness (QED) is 0.641. The lowest BCUT2D eigenvalue weighted by Crippen LogP contribution is -2.29. The summed E-state index contributed by atoms with van der Waals surface area (Å²) in [5, 5.41) is 8.55. The van der Waals surface area contributed by atoms with Gasteiger partial charge in [-0.1, -0.05) is 19.1 Å². The van der Waals surface area contributed by atoms with Crippen molar-refractivity contribution in [1.82, 2.24) is 5.32 Å². The van der Waals surface area contributed by atoms with E-state index < -0.39 is 0 Å². The van der Waals surface area contributed by atoms with Gasteiger partial charge < -0.3 is 16.0 Å². The Morgan fingerprint density at radius 1 is 1.15 bits per heavy atom. The van der Waals surface area contributed by atoms with Crippen LogP contribution in [0.15, 0.2) is 24.3 Å². The van der Waals surface area contributed by atoms with Gasteiger partial charge in [-0.2, -0.15) is 11.8 Å². The first-order valence-corrected chi connectivity index (χ1v) is 7.74. The largest absolute Gasteiger partial charge is 0.325 e. The Kier molecular flexibility index (Phi) is 7.75. The molecule has 20 heavy (non-hydrogen) atoms. The van der Waals surface area contributed by atoms with Crippen molar-refractivity contribution in [1.29, 1.82) is 0 Å². The lowest BCUT2D eigenvalue weighted by molar-refractivity contribution is -0.115.